The number of hydrogen-bond donors (Lipinski definition) is 2. The number of benzene rings is 1. The van der Waals surface area contributed by atoms with Gasteiger partial charge in [-0.2, -0.15) is 0 Å². The third-order valence-corrected chi connectivity index (χ3v) is 5.38. The van der Waals surface area contributed by atoms with Crippen molar-refractivity contribution in [2.24, 2.45) is 0 Å². The molecular formula is C16H16FN5OS2. The van der Waals surface area contributed by atoms with E-state index in [4.69, 9.17) is 5.84 Å². The average Bonchev–Trinajstić information content (AvgIpc) is 3.24. The van der Waals surface area contributed by atoms with Gasteiger partial charge in [0.15, 0.2) is 5.82 Å². The van der Waals surface area contributed by atoms with Crippen LogP contribution in [-0.2, 0) is 11.3 Å². The number of nitrogens with two attached hydrogens (primary N) is 1. The molecule has 1 unspecified atom stereocenters. The van der Waals surface area contributed by atoms with Gasteiger partial charge in [0, 0.05) is 4.88 Å². The summed E-state index contributed by atoms with van der Waals surface area (Å²) in [5, 5.41) is 12.7. The predicted octanol–water partition coefficient (Wildman–Crippen LogP) is 2.66. The summed E-state index contributed by atoms with van der Waals surface area (Å²) in [4.78, 5) is 13.3. The minimum Gasteiger partial charge on any atom is -0.350 e. The van der Waals surface area contributed by atoms with E-state index < -0.39 is 11.1 Å². The molecule has 2 heterocycles. The summed E-state index contributed by atoms with van der Waals surface area (Å²) in [5.74, 6) is 5.63. The van der Waals surface area contributed by atoms with Gasteiger partial charge < -0.3 is 11.2 Å². The molecule has 0 aliphatic carbocycles. The molecule has 3 N–H and O–H groups in total. The highest BCUT2D eigenvalue weighted by molar-refractivity contribution is 8.00. The van der Waals surface area contributed by atoms with Gasteiger partial charge in [-0.05, 0) is 30.5 Å². The SMILES string of the molecule is CC(Sc1nnc(-c2ccccc2F)n1N)C(=O)NCc1cccs1. The van der Waals surface area contributed by atoms with Gasteiger partial charge in [0.05, 0.1) is 17.4 Å². The minimum atomic E-state index is -0.431. The molecule has 3 aromatic rings. The van der Waals surface area contributed by atoms with Gasteiger partial charge in [0.2, 0.25) is 11.1 Å². The third kappa shape index (κ3) is 3.99. The Balaban J connectivity index is 1.67. The Morgan fingerprint density at radius 2 is 2.16 bits per heavy atom. The lowest BCUT2D eigenvalue weighted by Gasteiger charge is -2.11. The van der Waals surface area contributed by atoms with Gasteiger partial charge in [-0.15, -0.1) is 21.5 Å². The molecule has 9 heteroatoms. The smallest absolute Gasteiger partial charge is 0.233 e. The van der Waals surface area contributed by atoms with Crippen LogP contribution in [0.2, 0.25) is 0 Å². The van der Waals surface area contributed by atoms with E-state index in [2.05, 4.69) is 15.5 Å². The number of halogens is 1. The Morgan fingerprint density at radius 1 is 1.36 bits per heavy atom. The second kappa shape index (κ2) is 7.66. The maximum Gasteiger partial charge on any atom is 0.233 e. The van der Waals surface area contributed by atoms with E-state index in [0.717, 1.165) is 4.88 Å². The van der Waals surface area contributed by atoms with E-state index >= 15 is 0 Å². The van der Waals surface area contributed by atoms with E-state index in [1.165, 1.54) is 22.5 Å². The first-order valence-electron chi connectivity index (χ1n) is 7.48. The van der Waals surface area contributed by atoms with Crippen molar-refractivity contribution in [2.45, 2.75) is 23.9 Å². The van der Waals surface area contributed by atoms with Crippen LogP contribution in [0.15, 0.2) is 46.9 Å². The van der Waals surface area contributed by atoms with Gasteiger partial charge in [-0.3, -0.25) is 4.79 Å². The minimum absolute atomic E-state index is 0.131. The maximum atomic E-state index is 13.9. The summed E-state index contributed by atoms with van der Waals surface area (Å²) >= 11 is 2.75. The summed E-state index contributed by atoms with van der Waals surface area (Å²) in [5.41, 5.74) is 0.263. The molecule has 3 rings (SSSR count). The number of nitrogen functional groups attached to an aromatic ring is 1. The van der Waals surface area contributed by atoms with Crippen LogP contribution in [0.4, 0.5) is 4.39 Å². The zero-order valence-electron chi connectivity index (χ0n) is 13.3. The fraction of sp³-hybridized carbons (Fsp3) is 0.188. The molecule has 0 aliphatic heterocycles. The number of carbonyl (C=O) groups is 1. The number of carbonyl (C=O) groups excluding carboxylic acids is 1. The standard InChI is InChI=1S/C16H16FN5OS2/c1-10(15(23)19-9-11-5-4-8-24-11)25-16-21-20-14(22(16)18)12-6-2-3-7-13(12)17/h2-8,10H,9,18H2,1H3,(H,19,23). The molecule has 0 aliphatic rings. The highest BCUT2D eigenvalue weighted by Crippen LogP contribution is 2.26. The average molecular weight is 377 g/mol. The summed E-state index contributed by atoms with van der Waals surface area (Å²) in [6.45, 7) is 2.24. The molecule has 25 heavy (non-hydrogen) atoms. The number of aromatic nitrogens is 3. The summed E-state index contributed by atoms with van der Waals surface area (Å²) in [6.07, 6.45) is 0. The van der Waals surface area contributed by atoms with E-state index in [-0.39, 0.29) is 17.3 Å². The first kappa shape index (κ1) is 17.4. The quantitative estimate of drug-likeness (QED) is 0.509. The molecule has 0 fully saturated rings. The third-order valence-electron chi connectivity index (χ3n) is 3.45. The molecular weight excluding hydrogens is 361 g/mol. The number of thiophene rings is 1. The Hall–Kier alpha value is -2.39. The van der Waals surface area contributed by atoms with Crippen LogP contribution in [0.1, 0.15) is 11.8 Å². The zero-order valence-corrected chi connectivity index (χ0v) is 15.0. The van der Waals surface area contributed by atoms with Crippen molar-refractivity contribution < 1.29 is 9.18 Å². The molecule has 0 saturated heterocycles. The normalized spacial score (nSPS) is 12.1. The van der Waals surface area contributed by atoms with Crippen molar-refractivity contribution in [1.82, 2.24) is 20.2 Å². The van der Waals surface area contributed by atoms with E-state index in [1.54, 1.807) is 36.5 Å². The largest absolute Gasteiger partial charge is 0.350 e. The number of thioether (sulfide) groups is 1. The van der Waals surface area contributed by atoms with Crippen molar-refractivity contribution in [2.75, 3.05) is 5.84 Å². The van der Waals surface area contributed by atoms with E-state index in [0.29, 0.717) is 11.7 Å². The molecule has 0 spiro atoms. The molecule has 130 valence electrons. The van der Waals surface area contributed by atoms with Gasteiger partial charge in [-0.1, -0.05) is 30.0 Å². The van der Waals surface area contributed by atoms with Crippen molar-refractivity contribution in [3.05, 3.63) is 52.5 Å². The number of hydrogen-bond acceptors (Lipinski definition) is 6. The molecule has 1 amide bonds. The van der Waals surface area contributed by atoms with Crippen molar-refractivity contribution in [3.8, 4) is 11.4 Å². The second-order valence-electron chi connectivity index (χ2n) is 5.21. The number of amides is 1. The van der Waals surface area contributed by atoms with Crippen LogP contribution in [0, 0.1) is 5.82 Å². The molecule has 1 aromatic carbocycles. The van der Waals surface area contributed by atoms with Crippen molar-refractivity contribution in [3.63, 3.8) is 0 Å². The fourth-order valence-electron chi connectivity index (χ4n) is 2.13. The second-order valence-corrected chi connectivity index (χ2v) is 7.55. The van der Waals surface area contributed by atoms with E-state index in [1.807, 2.05) is 17.5 Å². The Kier molecular flexibility index (Phi) is 5.34. The van der Waals surface area contributed by atoms with Crippen molar-refractivity contribution >= 4 is 29.0 Å². The van der Waals surface area contributed by atoms with Crippen LogP contribution in [0.3, 0.4) is 0 Å². The lowest BCUT2D eigenvalue weighted by atomic mass is 10.2. The van der Waals surface area contributed by atoms with Crippen molar-refractivity contribution in [1.29, 1.82) is 0 Å². The molecule has 0 radical (unpaired) electrons. The Labute approximate surface area is 152 Å². The monoisotopic (exact) mass is 377 g/mol. The van der Waals surface area contributed by atoms with Gasteiger partial charge in [-0.25, -0.2) is 9.07 Å². The highest BCUT2D eigenvalue weighted by atomic mass is 32.2. The van der Waals surface area contributed by atoms with E-state index in [9.17, 15) is 9.18 Å². The zero-order chi connectivity index (χ0) is 17.8. The molecule has 6 nitrogen and oxygen atoms in total. The molecule has 0 bridgehead atoms. The predicted molar refractivity (Wildman–Crippen MR) is 97.1 cm³/mol. The Morgan fingerprint density at radius 3 is 2.88 bits per heavy atom. The van der Waals surface area contributed by atoms with Crippen LogP contribution in [-0.4, -0.2) is 26.0 Å². The summed E-state index contributed by atoms with van der Waals surface area (Å²) in [6, 6.07) is 10.1. The van der Waals surface area contributed by atoms with Gasteiger partial charge in [0.1, 0.15) is 5.82 Å². The lowest BCUT2D eigenvalue weighted by molar-refractivity contribution is -0.120. The fourth-order valence-corrected chi connectivity index (χ4v) is 3.57. The number of nitrogens with one attached hydrogen (secondary N) is 1. The maximum absolute atomic E-state index is 13.9. The van der Waals surface area contributed by atoms with Crippen LogP contribution < -0.4 is 11.2 Å². The topological polar surface area (TPSA) is 85.8 Å². The molecule has 2 aromatic heterocycles. The summed E-state index contributed by atoms with van der Waals surface area (Å²) in [7, 11) is 0. The lowest BCUT2D eigenvalue weighted by Crippen LogP contribution is -2.30. The van der Waals surface area contributed by atoms with Gasteiger partial charge in [0.25, 0.3) is 0 Å². The Bertz CT molecular complexity index is 865. The number of rotatable bonds is 6. The molecule has 1 atom stereocenters. The van der Waals surface area contributed by atoms with Crippen LogP contribution in [0.25, 0.3) is 11.4 Å². The van der Waals surface area contributed by atoms with Crippen LogP contribution >= 0.6 is 23.1 Å². The summed E-state index contributed by atoms with van der Waals surface area (Å²) < 4.78 is 15.1. The van der Waals surface area contributed by atoms with Crippen LogP contribution in [0.5, 0.6) is 0 Å². The first-order chi connectivity index (χ1) is 12.1. The first-order valence-corrected chi connectivity index (χ1v) is 9.24. The van der Waals surface area contributed by atoms with Gasteiger partial charge >= 0.3 is 0 Å². The highest BCUT2D eigenvalue weighted by Gasteiger charge is 2.20. The number of nitrogens with zero attached hydrogens (tertiary/aromatic N) is 3. The molecule has 0 saturated carbocycles.